The number of imidazole rings is 1. The van der Waals surface area contributed by atoms with E-state index in [2.05, 4.69) is 55.3 Å². The first kappa shape index (κ1) is 24.9. The van der Waals surface area contributed by atoms with E-state index in [1.54, 1.807) is 5.57 Å². The minimum atomic E-state index is 0.321. The SMILES string of the molecule is CCCC(C)CCCCC(=O)C1CCCC(CC2=CC=CC(c3nc4ccccc4[nH]3)C2)CC1. The Kier molecular flexibility index (Phi) is 9.18. The van der Waals surface area contributed by atoms with Crippen LogP contribution in [-0.4, -0.2) is 15.8 Å². The van der Waals surface area contributed by atoms with Gasteiger partial charge in [-0.1, -0.05) is 88.3 Å². The van der Waals surface area contributed by atoms with Crippen LogP contribution in [0.15, 0.2) is 48.1 Å². The van der Waals surface area contributed by atoms with Crippen LogP contribution in [0.3, 0.4) is 0 Å². The van der Waals surface area contributed by atoms with E-state index in [1.807, 2.05) is 6.07 Å². The van der Waals surface area contributed by atoms with Crippen LogP contribution in [0.25, 0.3) is 11.0 Å². The van der Waals surface area contributed by atoms with Gasteiger partial charge in [0.1, 0.15) is 11.6 Å². The van der Waals surface area contributed by atoms with Gasteiger partial charge in [-0.3, -0.25) is 4.79 Å². The van der Waals surface area contributed by atoms with Crippen LogP contribution in [0.1, 0.15) is 109 Å². The Balaban J connectivity index is 1.22. The number of aromatic nitrogens is 2. The molecule has 1 saturated carbocycles. The van der Waals surface area contributed by atoms with E-state index in [-0.39, 0.29) is 0 Å². The largest absolute Gasteiger partial charge is 0.341 e. The third kappa shape index (κ3) is 6.93. The number of benzene rings is 1. The van der Waals surface area contributed by atoms with Crippen LogP contribution >= 0.6 is 0 Å². The molecule has 1 fully saturated rings. The number of carbonyl (C=O) groups is 1. The van der Waals surface area contributed by atoms with Crippen molar-refractivity contribution in [1.29, 1.82) is 0 Å². The Labute approximate surface area is 206 Å². The van der Waals surface area contributed by atoms with Gasteiger partial charge in [-0.05, 0) is 62.5 Å². The van der Waals surface area contributed by atoms with E-state index >= 15 is 0 Å². The Hall–Kier alpha value is -2.16. The molecule has 34 heavy (non-hydrogen) atoms. The molecule has 0 bridgehead atoms. The fraction of sp³-hybridized carbons (Fsp3) is 0.613. The number of hydrogen-bond donors (Lipinski definition) is 1. The maximum absolute atomic E-state index is 12.9. The fourth-order valence-corrected chi connectivity index (χ4v) is 6.14. The molecule has 0 saturated heterocycles. The van der Waals surface area contributed by atoms with Crippen molar-refractivity contribution in [1.82, 2.24) is 9.97 Å². The zero-order chi connectivity index (χ0) is 23.8. The summed E-state index contributed by atoms with van der Waals surface area (Å²) in [7, 11) is 0. The van der Waals surface area contributed by atoms with Crippen molar-refractivity contribution in [2.75, 3.05) is 0 Å². The number of allylic oxidation sites excluding steroid dienone is 4. The van der Waals surface area contributed by atoms with E-state index in [0.717, 1.165) is 60.8 Å². The van der Waals surface area contributed by atoms with Gasteiger partial charge < -0.3 is 4.98 Å². The van der Waals surface area contributed by atoms with Crippen molar-refractivity contribution < 1.29 is 4.79 Å². The molecule has 2 aromatic rings. The first-order chi connectivity index (χ1) is 16.6. The van der Waals surface area contributed by atoms with Crippen molar-refractivity contribution in [2.24, 2.45) is 17.8 Å². The number of ketones is 1. The van der Waals surface area contributed by atoms with Gasteiger partial charge in [0, 0.05) is 18.3 Å². The number of Topliss-reactive ketones (excluding diaryl/α,β-unsaturated/α-hetero) is 1. The summed E-state index contributed by atoms with van der Waals surface area (Å²) in [4.78, 5) is 21.2. The molecule has 4 rings (SSSR count). The lowest BCUT2D eigenvalue weighted by Gasteiger charge is -2.21. The molecule has 3 heteroatoms. The highest BCUT2D eigenvalue weighted by Gasteiger charge is 2.25. The smallest absolute Gasteiger partial charge is 0.135 e. The van der Waals surface area contributed by atoms with E-state index in [9.17, 15) is 4.79 Å². The van der Waals surface area contributed by atoms with Crippen molar-refractivity contribution in [2.45, 2.75) is 103 Å². The van der Waals surface area contributed by atoms with Crippen LogP contribution < -0.4 is 0 Å². The molecule has 0 amide bonds. The standard InChI is InChI=1S/C31H44N2O/c1-3-10-23(2)11-4-7-18-30(34)26-14-8-12-24(19-20-26)21-25-13-9-15-27(22-25)31-32-28-16-5-6-17-29(28)33-31/h5-6,9,13,15-17,23-24,26-27H,3-4,7-8,10-12,14,18-22H2,1-2H3,(H,32,33). The topological polar surface area (TPSA) is 45.8 Å². The zero-order valence-corrected chi connectivity index (χ0v) is 21.4. The van der Waals surface area contributed by atoms with Crippen molar-refractivity contribution in [3.63, 3.8) is 0 Å². The molecule has 1 aromatic carbocycles. The third-order valence-electron chi connectivity index (χ3n) is 8.16. The second-order valence-electron chi connectivity index (χ2n) is 11.0. The van der Waals surface area contributed by atoms with Gasteiger partial charge in [0.15, 0.2) is 0 Å². The molecule has 0 spiro atoms. The van der Waals surface area contributed by atoms with Crippen LogP contribution in [0.2, 0.25) is 0 Å². The average Bonchev–Trinajstić information content (AvgIpc) is 3.15. The molecule has 4 atom stereocenters. The maximum atomic E-state index is 12.9. The number of para-hydroxylation sites is 2. The van der Waals surface area contributed by atoms with Gasteiger partial charge in [0.25, 0.3) is 0 Å². The van der Waals surface area contributed by atoms with Gasteiger partial charge in [0.05, 0.1) is 11.0 Å². The number of aromatic amines is 1. The number of unbranched alkanes of at least 4 members (excludes halogenated alkanes) is 1. The van der Waals surface area contributed by atoms with E-state index in [4.69, 9.17) is 4.98 Å². The van der Waals surface area contributed by atoms with Crippen molar-refractivity contribution in [3.05, 3.63) is 53.9 Å². The first-order valence-electron chi connectivity index (χ1n) is 14.0. The number of fused-ring (bicyclic) bond motifs is 1. The second kappa shape index (κ2) is 12.5. The number of nitrogens with zero attached hydrogens (tertiary/aromatic N) is 1. The molecular weight excluding hydrogens is 416 g/mol. The summed E-state index contributed by atoms with van der Waals surface area (Å²) in [5, 5.41) is 0. The number of carbonyl (C=O) groups excluding carboxylic acids is 1. The summed E-state index contributed by atoms with van der Waals surface area (Å²) in [6.07, 6.45) is 22.0. The number of hydrogen-bond acceptors (Lipinski definition) is 2. The predicted octanol–water partition coefficient (Wildman–Crippen LogP) is 8.69. The molecule has 0 aliphatic heterocycles. The number of H-pyrrole nitrogens is 1. The summed E-state index contributed by atoms with van der Waals surface area (Å²) < 4.78 is 0. The Morgan fingerprint density at radius 1 is 1.12 bits per heavy atom. The monoisotopic (exact) mass is 460 g/mol. The molecular formula is C31H44N2O. The summed E-state index contributed by atoms with van der Waals surface area (Å²) in [6.45, 7) is 4.62. The maximum Gasteiger partial charge on any atom is 0.135 e. The van der Waals surface area contributed by atoms with Gasteiger partial charge >= 0.3 is 0 Å². The average molecular weight is 461 g/mol. The summed E-state index contributed by atoms with van der Waals surface area (Å²) in [6, 6.07) is 8.29. The first-order valence-corrected chi connectivity index (χ1v) is 14.0. The molecule has 4 unspecified atom stereocenters. The van der Waals surface area contributed by atoms with Crippen LogP contribution in [0.4, 0.5) is 0 Å². The van der Waals surface area contributed by atoms with Crippen LogP contribution in [0.5, 0.6) is 0 Å². The van der Waals surface area contributed by atoms with Gasteiger partial charge in [-0.15, -0.1) is 0 Å². The minimum Gasteiger partial charge on any atom is -0.341 e. The lowest BCUT2D eigenvalue weighted by Crippen LogP contribution is -2.14. The van der Waals surface area contributed by atoms with Gasteiger partial charge in [-0.2, -0.15) is 0 Å². The van der Waals surface area contributed by atoms with E-state index in [1.165, 1.54) is 51.4 Å². The van der Waals surface area contributed by atoms with Crippen molar-refractivity contribution >= 4 is 16.8 Å². The molecule has 2 aliphatic carbocycles. The molecule has 2 aliphatic rings. The molecule has 1 heterocycles. The van der Waals surface area contributed by atoms with E-state index < -0.39 is 0 Å². The van der Waals surface area contributed by atoms with Gasteiger partial charge in [0.2, 0.25) is 0 Å². The normalized spacial score (nSPS) is 24.1. The fourth-order valence-electron chi connectivity index (χ4n) is 6.14. The molecule has 1 N–H and O–H groups in total. The summed E-state index contributed by atoms with van der Waals surface area (Å²) in [5.41, 5.74) is 3.72. The van der Waals surface area contributed by atoms with Crippen LogP contribution in [-0.2, 0) is 4.79 Å². The third-order valence-corrected chi connectivity index (χ3v) is 8.16. The highest BCUT2D eigenvalue weighted by molar-refractivity contribution is 5.81. The quantitative estimate of drug-likeness (QED) is 0.269. The molecule has 1 aromatic heterocycles. The van der Waals surface area contributed by atoms with Crippen LogP contribution in [0, 0.1) is 17.8 Å². The predicted molar refractivity (Wildman–Crippen MR) is 143 cm³/mol. The molecule has 184 valence electrons. The second-order valence-corrected chi connectivity index (χ2v) is 11.0. The summed E-state index contributed by atoms with van der Waals surface area (Å²) >= 11 is 0. The highest BCUT2D eigenvalue weighted by Crippen LogP contribution is 2.36. The lowest BCUT2D eigenvalue weighted by molar-refractivity contribution is -0.123. The molecule has 3 nitrogen and oxygen atoms in total. The van der Waals surface area contributed by atoms with Gasteiger partial charge in [-0.25, -0.2) is 4.98 Å². The zero-order valence-electron chi connectivity index (χ0n) is 21.4. The summed E-state index contributed by atoms with van der Waals surface area (Å²) in [5.74, 6) is 3.83. The Bertz CT molecular complexity index is 951. The Morgan fingerprint density at radius 3 is 2.85 bits per heavy atom. The minimum absolute atomic E-state index is 0.321. The molecule has 0 radical (unpaired) electrons. The van der Waals surface area contributed by atoms with Crippen molar-refractivity contribution in [3.8, 4) is 0 Å². The number of nitrogens with one attached hydrogen (secondary N) is 1. The van der Waals surface area contributed by atoms with E-state index in [0.29, 0.717) is 17.6 Å². The lowest BCUT2D eigenvalue weighted by atomic mass is 9.85. The highest BCUT2D eigenvalue weighted by atomic mass is 16.1. The number of rotatable bonds is 11. The Morgan fingerprint density at radius 2 is 2.00 bits per heavy atom.